The van der Waals surface area contributed by atoms with E-state index in [4.69, 9.17) is 4.52 Å². The first-order valence-electron chi connectivity index (χ1n) is 6.87. The van der Waals surface area contributed by atoms with E-state index in [0.717, 1.165) is 25.8 Å². The fraction of sp³-hybridized carbons (Fsp3) is 0.667. The highest BCUT2D eigenvalue weighted by Crippen LogP contribution is 2.20. The Hall–Kier alpha value is -1.96. The Labute approximate surface area is 115 Å². The first-order chi connectivity index (χ1) is 9.72. The van der Waals surface area contributed by atoms with Gasteiger partial charge < -0.3 is 20.5 Å². The molecule has 1 aromatic heterocycles. The number of hydrogen-bond donors (Lipinski definition) is 3. The smallest absolute Gasteiger partial charge is 0.292 e. The Morgan fingerprint density at radius 2 is 2.35 bits per heavy atom. The van der Waals surface area contributed by atoms with Gasteiger partial charge in [-0.1, -0.05) is 5.16 Å². The number of carbonyl (C=O) groups is 2. The molecular formula is C12H17N5O3. The van der Waals surface area contributed by atoms with Gasteiger partial charge in [0.15, 0.2) is 0 Å². The minimum Gasteiger partial charge on any atom is -0.352 e. The van der Waals surface area contributed by atoms with E-state index in [2.05, 4.69) is 26.1 Å². The van der Waals surface area contributed by atoms with Crippen LogP contribution in [0.2, 0.25) is 0 Å². The molecule has 2 unspecified atom stereocenters. The van der Waals surface area contributed by atoms with Crippen LogP contribution in [0.3, 0.4) is 0 Å². The van der Waals surface area contributed by atoms with E-state index < -0.39 is 0 Å². The van der Waals surface area contributed by atoms with Crippen LogP contribution in [0.4, 0.5) is 0 Å². The molecule has 2 aliphatic heterocycles. The van der Waals surface area contributed by atoms with Gasteiger partial charge in [-0.2, -0.15) is 4.98 Å². The summed E-state index contributed by atoms with van der Waals surface area (Å²) in [6.45, 7) is 1.31. The second-order valence-electron chi connectivity index (χ2n) is 5.12. The summed E-state index contributed by atoms with van der Waals surface area (Å²) in [5.74, 6) is 0.150. The first kappa shape index (κ1) is 13.0. The second-order valence-corrected chi connectivity index (χ2v) is 5.12. The molecule has 3 heterocycles. The summed E-state index contributed by atoms with van der Waals surface area (Å²) < 4.78 is 5.10. The van der Waals surface area contributed by atoms with E-state index in [1.165, 1.54) is 0 Å². The van der Waals surface area contributed by atoms with E-state index in [1.54, 1.807) is 0 Å². The fourth-order valence-corrected chi connectivity index (χ4v) is 2.49. The number of carbonyl (C=O) groups excluding carboxylic acids is 2. The van der Waals surface area contributed by atoms with E-state index in [-0.39, 0.29) is 29.7 Å². The molecule has 2 saturated heterocycles. The molecule has 20 heavy (non-hydrogen) atoms. The molecule has 2 aliphatic rings. The summed E-state index contributed by atoms with van der Waals surface area (Å²) in [6.07, 6.45) is 3.26. The maximum Gasteiger partial charge on any atom is 0.292 e. The van der Waals surface area contributed by atoms with Gasteiger partial charge in [-0.25, -0.2) is 0 Å². The highest BCUT2D eigenvalue weighted by molar-refractivity contribution is 5.90. The topological polar surface area (TPSA) is 109 Å². The van der Waals surface area contributed by atoms with Crippen LogP contribution >= 0.6 is 0 Å². The molecule has 108 valence electrons. The Morgan fingerprint density at radius 1 is 1.45 bits per heavy atom. The van der Waals surface area contributed by atoms with Crippen LogP contribution in [0, 0.1) is 0 Å². The van der Waals surface area contributed by atoms with Crippen molar-refractivity contribution in [1.29, 1.82) is 0 Å². The third kappa shape index (κ3) is 2.79. The zero-order valence-electron chi connectivity index (χ0n) is 11.0. The predicted molar refractivity (Wildman–Crippen MR) is 67.8 cm³/mol. The van der Waals surface area contributed by atoms with Gasteiger partial charge in [0.05, 0.1) is 6.04 Å². The quantitative estimate of drug-likeness (QED) is 0.685. The van der Waals surface area contributed by atoms with Crippen molar-refractivity contribution in [3.05, 3.63) is 11.7 Å². The van der Waals surface area contributed by atoms with Crippen molar-refractivity contribution in [2.75, 3.05) is 13.1 Å². The van der Waals surface area contributed by atoms with Crippen molar-refractivity contribution in [2.24, 2.45) is 0 Å². The molecule has 8 nitrogen and oxygen atoms in total. The van der Waals surface area contributed by atoms with E-state index in [0.29, 0.717) is 18.9 Å². The number of amides is 2. The van der Waals surface area contributed by atoms with Crippen LogP contribution in [0.1, 0.15) is 48.2 Å². The highest BCUT2D eigenvalue weighted by atomic mass is 16.5. The molecule has 8 heteroatoms. The number of nitrogens with zero attached hydrogens (tertiary/aromatic N) is 2. The number of aromatic nitrogens is 2. The molecule has 0 aliphatic carbocycles. The molecule has 0 bridgehead atoms. The minimum absolute atomic E-state index is 0.00526. The average Bonchev–Trinajstić information content (AvgIpc) is 3.16. The lowest BCUT2D eigenvalue weighted by atomic mass is 10.2. The average molecular weight is 279 g/mol. The van der Waals surface area contributed by atoms with Crippen LogP contribution in [0.25, 0.3) is 0 Å². The molecule has 3 rings (SSSR count). The van der Waals surface area contributed by atoms with E-state index in [9.17, 15) is 9.59 Å². The maximum atomic E-state index is 11.9. The van der Waals surface area contributed by atoms with Crippen LogP contribution < -0.4 is 16.0 Å². The van der Waals surface area contributed by atoms with E-state index >= 15 is 0 Å². The largest absolute Gasteiger partial charge is 0.352 e. The Morgan fingerprint density at radius 3 is 3.05 bits per heavy atom. The number of hydrogen-bond acceptors (Lipinski definition) is 6. The van der Waals surface area contributed by atoms with Crippen molar-refractivity contribution < 1.29 is 14.1 Å². The summed E-state index contributed by atoms with van der Waals surface area (Å²) in [7, 11) is 0. The molecule has 2 amide bonds. The number of nitrogens with one attached hydrogen (secondary N) is 3. The van der Waals surface area contributed by atoms with Gasteiger partial charge in [-0.3, -0.25) is 9.59 Å². The summed E-state index contributed by atoms with van der Waals surface area (Å²) in [4.78, 5) is 27.0. The second kappa shape index (κ2) is 5.58. The minimum atomic E-state index is -0.376. The zero-order chi connectivity index (χ0) is 13.9. The lowest BCUT2D eigenvalue weighted by Gasteiger charge is -2.09. The lowest BCUT2D eigenvalue weighted by Crippen LogP contribution is -2.38. The first-order valence-corrected chi connectivity index (χ1v) is 6.87. The monoisotopic (exact) mass is 279 g/mol. The molecule has 3 N–H and O–H groups in total. The molecule has 1 aromatic rings. The third-order valence-corrected chi connectivity index (χ3v) is 3.60. The van der Waals surface area contributed by atoms with Gasteiger partial charge in [0, 0.05) is 19.0 Å². The molecule has 0 radical (unpaired) electrons. The van der Waals surface area contributed by atoms with Crippen molar-refractivity contribution in [1.82, 2.24) is 26.1 Å². The van der Waals surface area contributed by atoms with Crippen molar-refractivity contribution in [2.45, 2.75) is 37.8 Å². The Kier molecular flexibility index (Phi) is 3.64. The number of rotatable bonds is 4. The Bertz CT molecular complexity index is 509. The predicted octanol–water partition coefficient (Wildman–Crippen LogP) is -0.497. The van der Waals surface area contributed by atoms with Crippen molar-refractivity contribution >= 4 is 11.8 Å². The highest BCUT2D eigenvalue weighted by Gasteiger charge is 2.25. The molecule has 0 aromatic carbocycles. The summed E-state index contributed by atoms with van der Waals surface area (Å²) >= 11 is 0. The summed E-state index contributed by atoms with van der Waals surface area (Å²) in [6, 6.07) is 0.0486. The maximum absolute atomic E-state index is 11.9. The summed E-state index contributed by atoms with van der Waals surface area (Å²) in [5, 5.41) is 12.4. The van der Waals surface area contributed by atoms with Gasteiger partial charge in [0.25, 0.3) is 11.7 Å². The SMILES string of the molecule is O=C1CCC(CNC(=O)c2noc(C3CCCN3)n2)N1. The van der Waals surface area contributed by atoms with Gasteiger partial charge >= 0.3 is 0 Å². The van der Waals surface area contributed by atoms with Crippen LogP contribution in [-0.4, -0.2) is 41.1 Å². The summed E-state index contributed by atoms with van der Waals surface area (Å²) in [5.41, 5.74) is 0. The third-order valence-electron chi connectivity index (χ3n) is 3.60. The van der Waals surface area contributed by atoms with Gasteiger partial charge in [-0.15, -0.1) is 0 Å². The molecule has 2 fully saturated rings. The fourth-order valence-electron chi connectivity index (χ4n) is 2.49. The van der Waals surface area contributed by atoms with E-state index in [1.807, 2.05) is 0 Å². The molecule has 2 atom stereocenters. The van der Waals surface area contributed by atoms with Crippen LogP contribution in [-0.2, 0) is 4.79 Å². The lowest BCUT2D eigenvalue weighted by molar-refractivity contribution is -0.119. The Balaban J connectivity index is 1.53. The molecule has 0 saturated carbocycles. The zero-order valence-corrected chi connectivity index (χ0v) is 11.0. The van der Waals surface area contributed by atoms with Crippen molar-refractivity contribution in [3.8, 4) is 0 Å². The molecule has 0 spiro atoms. The van der Waals surface area contributed by atoms with Crippen molar-refractivity contribution in [3.63, 3.8) is 0 Å². The van der Waals surface area contributed by atoms with Gasteiger partial charge in [0.1, 0.15) is 0 Å². The molecular weight excluding hydrogens is 262 g/mol. The standard InChI is InChI=1S/C12H17N5O3/c18-9-4-3-7(15-9)6-14-11(19)10-16-12(20-17-10)8-2-1-5-13-8/h7-8,13H,1-6H2,(H,14,19)(H,15,18). The van der Waals surface area contributed by atoms with Gasteiger partial charge in [0.2, 0.25) is 11.8 Å². The van der Waals surface area contributed by atoms with Gasteiger partial charge in [-0.05, 0) is 25.8 Å². The van der Waals surface area contributed by atoms with Crippen LogP contribution in [0.15, 0.2) is 4.52 Å². The van der Waals surface area contributed by atoms with Crippen LogP contribution in [0.5, 0.6) is 0 Å². The normalized spacial score (nSPS) is 25.7.